The van der Waals surface area contributed by atoms with Gasteiger partial charge in [-0.05, 0) is 67.7 Å². The molecule has 1 aromatic rings. The Labute approximate surface area is 118 Å². The van der Waals surface area contributed by atoms with Crippen molar-refractivity contribution in [3.05, 3.63) is 34.9 Å². The zero-order valence-corrected chi connectivity index (χ0v) is 12.8. The third-order valence-corrected chi connectivity index (χ3v) is 5.20. The molecule has 1 heteroatoms. The highest BCUT2D eigenvalue weighted by Gasteiger charge is 2.34. The van der Waals surface area contributed by atoms with Crippen molar-refractivity contribution >= 4 is 0 Å². The quantitative estimate of drug-likeness (QED) is 0.852. The first kappa shape index (κ1) is 14.6. The van der Waals surface area contributed by atoms with E-state index in [-0.39, 0.29) is 0 Å². The predicted octanol–water partition coefficient (Wildman–Crippen LogP) is 4.39. The van der Waals surface area contributed by atoms with Crippen molar-refractivity contribution in [1.82, 2.24) is 0 Å². The van der Waals surface area contributed by atoms with Gasteiger partial charge >= 0.3 is 0 Å². The Morgan fingerprint density at radius 1 is 1.26 bits per heavy atom. The molecule has 0 bridgehead atoms. The van der Waals surface area contributed by atoms with Gasteiger partial charge in [-0.25, -0.2) is 0 Å². The van der Waals surface area contributed by atoms with Gasteiger partial charge in [0.2, 0.25) is 0 Å². The minimum absolute atomic E-state index is 0.362. The number of rotatable bonds is 4. The van der Waals surface area contributed by atoms with Gasteiger partial charge < -0.3 is 5.73 Å². The molecule has 1 nitrogen and oxygen atoms in total. The van der Waals surface area contributed by atoms with Crippen LogP contribution in [0.15, 0.2) is 18.2 Å². The van der Waals surface area contributed by atoms with E-state index in [0.29, 0.717) is 5.41 Å². The molecule has 1 aliphatic rings. The Morgan fingerprint density at radius 2 is 2.05 bits per heavy atom. The van der Waals surface area contributed by atoms with Crippen LogP contribution >= 0.6 is 0 Å². The fraction of sp³-hybridized carbons (Fsp3) is 0.667. The van der Waals surface area contributed by atoms with Crippen LogP contribution < -0.4 is 5.73 Å². The molecule has 2 rings (SSSR count). The summed E-state index contributed by atoms with van der Waals surface area (Å²) in [6.07, 6.45) is 7.89. The zero-order chi connectivity index (χ0) is 13.9. The minimum Gasteiger partial charge on any atom is -0.330 e. The second-order valence-electron chi connectivity index (χ2n) is 6.67. The van der Waals surface area contributed by atoms with Gasteiger partial charge in [-0.15, -0.1) is 0 Å². The number of hydrogen-bond acceptors (Lipinski definition) is 1. The van der Waals surface area contributed by atoms with Gasteiger partial charge in [0, 0.05) is 0 Å². The molecule has 0 amide bonds. The molecule has 106 valence electrons. The van der Waals surface area contributed by atoms with Gasteiger partial charge in [0.15, 0.2) is 0 Å². The summed E-state index contributed by atoms with van der Waals surface area (Å²) in [5, 5.41) is 0. The smallest absolute Gasteiger partial charge is 0.00172 e. The first-order valence-electron chi connectivity index (χ1n) is 7.85. The normalized spacial score (nSPS) is 27.5. The van der Waals surface area contributed by atoms with Gasteiger partial charge in [0.25, 0.3) is 0 Å². The third kappa shape index (κ3) is 3.39. The second kappa shape index (κ2) is 6.09. The van der Waals surface area contributed by atoms with Crippen molar-refractivity contribution in [3.63, 3.8) is 0 Å². The molecule has 0 aliphatic heterocycles. The Hall–Kier alpha value is -0.820. The number of benzene rings is 1. The van der Waals surface area contributed by atoms with Crippen molar-refractivity contribution in [2.45, 2.75) is 59.3 Å². The lowest BCUT2D eigenvalue weighted by Crippen LogP contribution is -2.37. The summed E-state index contributed by atoms with van der Waals surface area (Å²) in [6, 6.07) is 6.92. The lowest BCUT2D eigenvalue weighted by molar-refractivity contribution is 0.142. The minimum atomic E-state index is 0.362. The molecule has 1 aromatic carbocycles. The molecule has 2 N–H and O–H groups in total. The van der Waals surface area contributed by atoms with E-state index in [4.69, 9.17) is 5.73 Å². The maximum Gasteiger partial charge on any atom is -0.00172 e. The largest absolute Gasteiger partial charge is 0.330 e. The van der Waals surface area contributed by atoms with Crippen LogP contribution in [0.1, 0.15) is 55.7 Å². The first-order chi connectivity index (χ1) is 9.08. The molecule has 0 radical (unpaired) electrons. The molecule has 0 spiro atoms. The fourth-order valence-corrected chi connectivity index (χ4v) is 3.70. The topological polar surface area (TPSA) is 26.0 Å². The van der Waals surface area contributed by atoms with E-state index in [0.717, 1.165) is 12.5 Å². The standard InChI is InChI=1S/C18H29N/c1-4-16-6-5-9-18(11-16,13-19)12-17-8-7-14(2)15(3)10-17/h7-8,10,16H,4-6,9,11-13,19H2,1-3H3. The van der Waals surface area contributed by atoms with Gasteiger partial charge in [0.05, 0.1) is 0 Å². The van der Waals surface area contributed by atoms with Crippen LogP contribution in [0.4, 0.5) is 0 Å². The van der Waals surface area contributed by atoms with Gasteiger partial charge in [-0.1, -0.05) is 44.4 Å². The van der Waals surface area contributed by atoms with Crippen LogP contribution in [-0.4, -0.2) is 6.54 Å². The lowest BCUT2D eigenvalue weighted by Gasteiger charge is -2.40. The monoisotopic (exact) mass is 259 g/mol. The molecular weight excluding hydrogens is 230 g/mol. The van der Waals surface area contributed by atoms with E-state index in [1.807, 2.05) is 0 Å². The predicted molar refractivity (Wildman–Crippen MR) is 83.4 cm³/mol. The summed E-state index contributed by atoms with van der Waals surface area (Å²) >= 11 is 0. The van der Waals surface area contributed by atoms with Crippen molar-refractivity contribution in [1.29, 1.82) is 0 Å². The van der Waals surface area contributed by atoms with E-state index < -0.39 is 0 Å². The zero-order valence-electron chi connectivity index (χ0n) is 12.8. The molecule has 1 fully saturated rings. The SMILES string of the molecule is CCC1CCCC(CN)(Cc2ccc(C)c(C)c2)C1. The molecule has 2 unspecified atom stereocenters. The van der Waals surface area contributed by atoms with E-state index in [9.17, 15) is 0 Å². The molecule has 0 saturated heterocycles. The maximum absolute atomic E-state index is 6.17. The first-order valence-corrected chi connectivity index (χ1v) is 7.85. The Balaban J connectivity index is 2.15. The average molecular weight is 259 g/mol. The highest BCUT2D eigenvalue weighted by Crippen LogP contribution is 2.42. The molecular formula is C18H29N. The Bertz CT molecular complexity index is 424. The van der Waals surface area contributed by atoms with Crippen LogP contribution in [0.5, 0.6) is 0 Å². The summed E-state index contributed by atoms with van der Waals surface area (Å²) in [5.74, 6) is 0.892. The highest BCUT2D eigenvalue weighted by atomic mass is 14.6. The number of aryl methyl sites for hydroxylation is 2. The van der Waals surface area contributed by atoms with E-state index in [2.05, 4.69) is 39.0 Å². The summed E-state index contributed by atoms with van der Waals surface area (Å²) < 4.78 is 0. The molecule has 1 saturated carbocycles. The van der Waals surface area contributed by atoms with Crippen LogP contribution in [0.2, 0.25) is 0 Å². The second-order valence-corrected chi connectivity index (χ2v) is 6.67. The highest BCUT2D eigenvalue weighted by molar-refractivity contribution is 5.30. The van der Waals surface area contributed by atoms with Crippen molar-refractivity contribution in [3.8, 4) is 0 Å². The van der Waals surface area contributed by atoms with E-state index in [1.165, 1.54) is 55.2 Å². The average Bonchev–Trinajstić information content (AvgIpc) is 2.43. The summed E-state index contributed by atoms with van der Waals surface area (Å²) in [6.45, 7) is 7.57. The van der Waals surface area contributed by atoms with Gasteiger partial charge in [-0.3, -0.25) is 0 Å². The van der Waals surface area contributed by atoms with Crippen LogP contribution in [0.3, 0.4) is 0 Å². The lowest BCUT2D eigenvalue weighted by atomic mass is 9.66. The fourth-order valence-electron chi connectivity index (χ4n) is 3.70. The van der Waals surface area contributed by atoms with E-state index in [1.54, 1.807) is 0 Å². The van der Waals surface area contributed by atoms with Crippen molar-refractivity contribution in [2.75, 3.05) is 6.54 Å². The summed E-state index contributed by atoms with van der Waals surface area (Å²) in [4.78, 5) is 0. The molecule has 19 heavy (non-hydrogen) atoms. The molecule has 0 aromatic heterocycles. The van der Waals surface area contributed by atoms with Gasteiger partial charge in [0.1, 0.15) is 0 Å². The third-order valence-electron chi connectivity index (χ3n) is 5.20. The Kier molecular flexibility index (Phi) is 4.67. The number of nitrogens with two attached hydrogens (primary N) is 1. The Morgan fingerprint density at radius 3 is 2.68 bits per heavy atom. The summed E-state index contributed by atoms with van der Waals surface area (Å²) in [5.41, 5.74) is 10.8. The van der Waals surface area contributed by atoms with Gasteiger partial charge in [-0.2, -0.15) is 0 Å². The molecule has 0 heterocycles. The van der Waals surface area contributed by atoms with Crippen LogP contribution in [0.25, 0.3) is 0 Å². The maximum atomic E-state index is 6.17. The van der Waals surface area contributed by atoms with E-state index >= 15 is 0 Å². The molecule has 2 atom stereocenters. The van der Waals surface area contributed by atoms with Crippen LogP contribution in [0, 0.1) is 25.2 Å². The summed E-state index contributed by atoms with van der Waals surface area (Å²) in [7, 11) is 0. The molecule has 1 aliphatic carbocycles. The van der Waals surface area contributed by atoms with Crippen molar-refractivity contribution < 1.29 is 0 Å². The van der Waals surface area contributed by atoms with Crippen LogP contribution in [-0.2, 0) is 6.42 Å². The van der Waals surface area contributed by atoms with Crippen molar-refractivity contribution in [2.24, 2.45) is 17.1 Å². The number of hydrogen-bond donors (Lipinski definition) is 1.